The predicted octanol–water partition coefficient (Wildman–Crippen LogP) is 10.6. The molecule has 1 heterocycles. The highest BCUT2D eigenvalue weighted by atomic mass is 32.2. The zero-order valence-corrected chi connectivity index (χ0v) is 33.8. The van der Waals surface area contributed by atoms with Crippen molar-refractivity contribution in [1.29, 1.82) is 0 Å². The summed E-state index contributed by atoms with van der Waals surface area (Å²) < 4.78 is 106. The van der Waals surface area contributed by atoms with Crippen LogP contribution in [0.3, 0.4) is 0 Å². The molecule has 9 atom stereocenters. The Labute approximate surface area is 321 Å². The molecule has 1 aliphatic heterocycles. The number of hydrogen-bond acceptors (Lipinski definition) is 7. The molecule has 1 spiro atoms. The van der Waals surface area contributed by atoms with E-state index in [1.807, 2.05) is 0 Å². The van der Waals surface area contributed by atoms with Crippen LogP contribution in [0, 0.1) is 34.5 Å². The average molecular weight is 799 g/mol. The second kappa shape index (κ2) is 18.8. The molecule has 0 amide bonds. The molecular weight excluding hydrogens is 732 g/mol. The maximum absolute atomic E-state index is 13.0. The van der Waals surface area contributed by atoms with Gasteiger partial charge in [-0.1, -0.05) is 64.5 Å². The fourth-order valence-electron chi connectivity index (χ4n) is 11.4. The van der Waals surface area contributed by atoms with Crippen molar-refractivity contribution < 1.29 is 54.4 Å². The quantitative estimate of drug-likeness (QED) is 0.0376. The van der Waals surface area contributed by atoms with Gasteiger partial charge in [0, 0.05) is 20.0 Å². The molecule has 314 valence electrons. The first-order chi connectivity index (χ1) is 25.6. The van der Waals surface area contributed by atoms with Gasteiger partial charge in [0.1, 0.15) is 22.2 Å². The summed E-state index contributed by atoms with van der Waals surface area (Å²) in [5.41, 5.74) is 0.210. The lowest BCUT2D eigenvalue weighted by molar-refractivity contribution is -0.327. The van der Waals surface area contributed by atoms with E-state index in [2.05, 4.69) is 26.0 Å². The molecule has 5 rings (SSSR count). The van der Waals surface area contributed by atoms with Crippen LogP contribution < -0.4 is 0 Å². The van der Waals surface area contributed by atoms with Crippen LogP contribution in [-0.2, 0) is 33.8 Å². The normalized spacial score (nSPS) is 35.8. The molecule has 1 unspecified atom stereocenters. The molecule has 4 saturated carbocycles. The molecule has 0 aromatic rings. The number of rotatable bonds is 21. The van der Waals surface area contributed by atoms with Crippen molar-refractivity contribution in [2.45, 2.75) is 172 Å². The van der Waals surface area contributed by atoms with Crippen molar-refractivity contribution in [1.82, 2.24) is 0 Å². The van der Waals surface area contributed by atoms with Gasteiger partial charge in [-0.2, -0.15) is 22.0 Å². The minimum atomic E-state index is -5.65. The lowest BCUT2D eigenvalue weighted by Gasteiger charge is -2.63. The highest BCUT2D eigenvalue weighted by molar-refractivity contribution is 7.91. The van der Waals surface area contributed by atoms with Crippen LogP contribution in [0.1, 0.15) is 142 Å². The number of alkyl halides is 5. The van der Waals surface area contributed by atoms with Gasteiger partial charge < -0.3 is 14.2 Å². The Morgan fingerprint density at radius 2 is 1.48 bits per heavy atom. The van der Waals surface area contributed by atoms with Crippen LogP contribution in [0.4, 0.5) is 22.0 Å². The van der Waals surface area contributed by atoms with Gasteiger partial charge >= 0.3 is 12.1 Å². The minimum Gasteiger partial charge on any atom is -0.374 e. The molecule has 0 N–H and O–H groups in total. The topological polar surface area (TPSA) is 80.3 Å². The molecule has 0 bridgehead atoms. The molecule has 0 aromatic carbocycles. The summed E-state index contributed by atoms with van der Waals surface area (Å²) in [5, 5.41) is 0. The van der Waals surface area contributed by atoms with Crippen LogP contribution in [0.2, 0.25) is 0 Å². The number of methoxy groups -OCH3 is 1. The summed E-state index contributed by atoms with van der Waals surface area (Å²) in [5.74, 6) is -3.23. The van der Waals surface area contributed by atoms with E-state index in [1.54, 1.807) is 7.11 Å². The lowest BCUT2D eigenvalue weighted by atomic mass is 9.43. The number of allylic oxidation sites excluding steroid dienone is 1. The number of halogens is 5. The second-order valence-electron chi connectivity index (χ2n) is 17.9. The van der Waals surface area contributed by atoms with Crippen molar-refractivity contribution in [2.24, 2.45) is 34.5 Å². The molecule has 1 saturated heterocycles. The molecular formula is C41H67F5O7S. The van der Waals surface area contributed by atoms with E-state index < -0.39 is 40.5 Å². The zero-order chi connectivity index (χ0) is 39.1. The van der Waals surface area contributed by atoms with Crippen molar-refractivity contribution >= 4 is 9.84 Å². The number of sulfone groups is 1. The maximum atomic E-state index is 13.0. The van der Waals surface area contributed by atoms with Gasteiger partial charge in [-0.05, 0) is 112 Å². The number of unbranched alkanes of at least 4 members (excludes halogenated alkanes) is 8. The monoisotopic (exact) mass is 798 g/mol. The van der Waals surface area contributed by atoms with Crippen molar-refractivity contribution in [2.75, 3.05) is 38.6 Å². The Morgan fingerprint density at radius 1 is 0.778 bits per heavy atom. The highest BCUT2D eigenvalue weighted by Gasteiger charge is 2.65. The Kier molecular flexibility index (Phi) is 15.4. The van der Waals surface area contributed by atoms with E-state index in [-0.39, 0.29) is 34.4 Å². The Bertz CT molecular complexity index is 1300. The molecule has 13 heteroatoms. The SMILES string of the molecule is COCO[C@H]1CC[C@H]2[C@@H]3CC[C@H]4CC5(CCOO5)CC[C@]4(C)[C@H]3[C@@H](OC/C=C/CCCCCCCCCCS(=O)(=O)CCCC(F)(F)C(F)(F)F)C[C@]12C. The van der Waals surface area contributed by atoms with Crippen LogP contribution in [0.25, 0.3) is 0 Å². The van der Waals surface area contributed by atoms with E-state index >= 15 is 0 Å². The Hall–Kier alpha value is -0.860. The van der Waals surface area contributed by atoms with E-state index in [1.165, 1.54) is 19.3 Å². The van der Waals surface area contributed by atoms with Gasteiger partial charge in [0.2, 0.25) is 0 Å². The number of hydrogen-bond donors (Lipinski definition) is 0. The van der Waals surface area contributed by atoms with Crippen molar-refractivity contribution in [3.8, 4) is 0 Å². The summed E-state index contributed by atoms with van der Waals surface area (Å²) in [7, 11) is -1.93. The first kappa shape index (κ1) is 44.2. The fraction of sp³-hybridized carbons (Fsp3) is 0.951. The maximum Gasteiger partial charge on any atom is 0.453 e. The summed E-state index contributed by atoms with van der Waals surface area (Å²) >= 11 is 0. The molecule has 7 nitrogen and oxygen atoms in total. The summed E-state index contributed by atoms with van der Waals surface area (Å²) in [6.45, 7) is 6.68. The summed E-state index contributed by atoms with van der Waals surface area (Å²) in [6, 6.07) is 0. The molecule has 0 radical (unpaired) electrons. The summed E-state index contributed by atoms with van der Waals surface area (Å²) in [6.07, 6.45) is 15.5. The third-order valence-corrected chi connectivity index (χ3v) is 16.2. The Balaban J connectivity index is 1.000. The third-order valence-electron chi connectivity index (χ3n) is 14.4. The van der Waals surface area contributed by atoms with E-state index in [4.69, 9.17) is 24.0 Å². The van der Waals surface area contributed by atoms with Gasteiger partial charge in [0.25, 0.3) is 0 Å². The largest absolute Gasteiger partial charge is 0.453 e. The predicted molar refractivity (Wildman–Crippen MR) is 198 cm³/mol. The van der Waals surface area contributed by atoms with Crippen LogP contribution >= 0.6 is 0 Å². The standard InChI is InChI=1S/C41H67F5O7S/c1-37-21-22-39(23-25-52-53-39)28-31(37)16-17-32-33-18-19-35(51-30-49-3)38(33,2)29-34(36(32)37)50-24-13-11-9-7-5-4-6-8-10-12-14-26-54(47,48)27-15-20-40(42,43)41(44,45)46/h11,13,31-36H,4-10,12,14-30H2,1-3H3/b13-11+/t31-,32-,33-,34-,35-,36+,37-,38-,39?/m0/s1. The Morgan fingerprint density at radius 3 is 2.17 bits per heavy atom. The van der Waals surface area contributed by atoms with Crippen LogP contribution in [0.15, 0.2) is 12.2 Å². The van der Waals surface area contributed by atoms with Crippen LogP contribution in [-0.4, -0.2) is 76.9 Å². The molecule has 0 aromatic heterocycles. The molecule has 4 aliphatic carbocycles. The van der Waals surface area contributed by atoms with Gasteiger partial charge in [-0.3, -0.25) is 0 Å². The first-order valence-electron chi connectivity index (χ1n) is 20.9. The zero-order valence-electron chi connectivity index (χ0n) is 33.0. The average Bonchev–Trinajstić information content (AvgIpc) is 3.70. The number of fused-ring (bicyclic) bond motifs is 5. The fourth-order valence-corrected chi connectivity index (χ4v) is 12.9. The smallest absolute Gasteiger partial charge is 0.374 e. The summed E-state index contributed by atoms with van der Waals surface area (Å²) in [4.78, 5) is 11.4. The van der Waals surface area contributed by atoms with Gasteiger partial charge in [0.05, 0.1) is 36.9 Å². The third kappa shape index (κ3) is 10.6. The van der Waals surface area contributed by atoms with Gasteiger partial charge in [0.15, 0.2) is 0 Å². The van der Waals surface area contributed by atoms with Crippen molar-refractivity contribution in [3.05, 3.63) is 12.2 Å². The van der Waals surface area contributed by atoms with E-state index in [9.17, 15) is 30.4 Å². The van der Waals surface area contributed by atoms with E-state index in [0.29, 0.717) is 56.5 Å². The first-order valence-corrected chi connectivity index (χ1v) is 22.7. The highest BCUT2D eigenvalue weighted by Crippen LogP contribution is 2.68. The van der Waals surface area contributed by atoms with Crippen molar-refractivity contribution in [3.63, 3.8) is 0 Å². The molecule has 54 heavy (non-hydrogen) atoms. The second-order valence-corrected chi connectivity index (χ2v) is 20.2. The van der Waals surface area contributed by atoms with Gasteiger partial charge in [-0.25, -0.2) is 18.2 Å². The minimum absolute atomic E-state index is 0.0817. The molecule has 5 fully saturated rings. The van der Waals surface area contributed by atoms with Crippen LogP contribution in [0.5, 0.6) is 0 Å². The van der Waals surface area contributed by atoms with Gasteiger partial charge in [-0.15, -0.1) is 0 Å². The molecule has 5 aliphatic rings. The number of ether oxygens (including phenoxy) is 3. The van der Waals surface area contributed by atoms with E-state index in [0.717, 1.165) is 83.5 Å². The lowest BCUT2D eigenvalue weighted by Crippen LogP contribution is -2.61.